The Labute approximate surface area is 117 Å². The molecule has 20 heavy (non-hydrogen) atoms. The zero-order valence-corrected chi connectivity index (χ0v) is 10.7. The van der Waals surface area contributed by atoms with E-state index in [9.17, 15) is 13.2 Å². The monoisotopic (exact) mass is 296 g/mol. The van der Waals surface area contributed by atoms with E-state index in [1.165, 1.54) is 24.4 Å². The molecule has 102 valence electrons. The van der Waals surface area contributed by atoms with E-state index < -0.39 is 11.7 Å². The van der Waals surface area contributed by atoms with Crippen LogP contribution in [-0.4, -0.2) is 10.1 Å². The predicted octanol–water partition coefficient (Wildman–Crippen LogP) is 4.63. The van der Waals surface area contributed by atoms with Crippen LogP contribution in [0.1, 0.15) is 5.56 Å². The molecule has 2 rings (SSSR count). The van der Waals surface area contributed by atoms with Gasteiger partial charge >= 0.3 is 6.18 Å². The summed E-state index contributed by atoms with van der Waals surface area (Å²) >= 11 is 4.44. The fraction of sp³-hybridized carbons (Fsp3) is 0.0769. The lowest BCUT2D eigenvalue weighted by Gasteiger charge is -2.09. The minimum Gasteiger partial charge on any atom is -0.439 e. The number of hydrogen-bond acceptors (Lipinski definition) is 4. The van der Waals surface area contributed by atoms with Crippen molar-refractivity contribution in [3.8, 4) is 11.6 Å². The van der Waals surface area contributed by atoms with Crippen molar-refractivity contribution in [2.45, 2.75) is 6.18 Å². The van der Waals surface area contributed by atoms with E-state index in [1.54, 1.807) is 6.07 Å². The molecule has 0 radical (unpaired) electrons. The molecule has 0 aliphatic rings. The number of hydrogen-bond donors (Lipinski definition) is 0. The van der Waals surface area contributed by atoms with E-state index in [1.807, 2.05) is 0 Å². The Hall–Kier alpha value is -2.24. The van der Waals surface area contributed by atoms with Gasteiger partial charge in [-0.05, 0) is 36.5 Å². The minimum absolute atomic E-state index is 0.0541. The van der Waals surface area contributed by atoms with Gasteiger partial charge in [-0.1, -0.05) is 6.07 Å². The number of aliphatic imine (C=N–C) groups is 1. The number of ether oxygens (including phenoxy) is 1. The Morgan fingerprint density at radius 1 is 1.20 bits per heavy atom. The quantitative estimate of drug-likeness (QED) is 0.612. The third-order valence-electron chi connectivity index (χ3n) is 2.28. The van der Waals surface area contributed by atoms with Crippen LogP contribution in [0.4, 0.5) is 18.9 Å². The van der Waals surface area contributed by atoms with Crippen LogP contribution in [0.5, 0.6) is 11.6 Å². The minimum atomic E-state index is -4.41. The maximum atomic E-state index is 12.5. The van der Waals surface area contributed by atoms with Crippen LogP contribution >= 0.6 is 12.2 Å². The van der Waals surface area contributed by atoms with Crippen LogP contribution < -0.4 is 4.74 Å². The van der Waals surface area contributed by atoms with Crippen molar-refractivity contribution < 1.29 is 17.9 Å². The maximum absolute atomic E-state index is 12.5. The maximum Gasteiger partial charge on any atom is 0.416 e. The van der Waals surface area contributed by atoms with Crippen LogP contribution in [0.3, 0.4) is 0 Å². The molecule has 2 aromatic rings. The molecule has 7 heteroatoms. The van der Waals surface area contributed by atoms with Gasteiger partial charge < -0.3 is 4.74 Å². The second-order valence-electron chi connectivity index (χ2n) is 3.69. The van der Waals surface area contributed by atoms with Gasteiger partial charge in [0, 0.05) is 6.07 Å². The molecule has 1 aromatic carbocycles. The summed E-state index contributed by atoms with van der Waals surface area (Å²) in [6.45, 7) is 0. The van der Waals surface area contributed by atoms with E-state index in [-0.39, 0.29) is 11.6 Å². The molecule has 0 atom stereocenters. The number of rotatable bonds is 3. The van der Waals surface area contributed by atoms with Crippen LogP contribution in [0.15, 0.2) is 47.6 Å². The number of alkyl halides is 3. The molecule has 0 fully saturated rings. The van der Waals surface area contributed by atoms with Gasteiger partial charge in [0.1, 0.15) is 5.75 Å². The van der Waals surface area contributed by atoms with Crippen molar-refractivity contribution in [3.05, 3.63) is 48.2 Å². The Bertz CT molecular complexity index is 649. The van der Waals surface area contributed by atoms with Crippen molar-refractivity contribution in [3.63, 3.8) is 0 Å². The zero-order valence-electron chi connectivity index (χ0n) is 9.89. The van der Waals surface area contributed by atoms with Crippen molar-refractivity contribution in [2.24, 2.45) is 4.99 Å². The average molecular weight is 296 g/mol. The second-order valence-corrected chi connectivity index (χ2v) is 3.87. The zero-order chi connectivity index (χ0) is 14.6. The molecule has 0 saturated carbocycles. The third kappa shape index (κ3) is 3.63. The van der Waals surface area contributed by atoms with Gasteiger partial charge in [0.15, 0.2) is 0 Å². The summed E-state index contributed by atoms with van der Waals surface area (Å²) in [4.78, 5) is 7.60. The van der Waals surface area contributed by atoms with Gasteiger partial charge in [-0.2, -0.15) is 18.2 Å². The van der Waals surface area contributed by atoms with E-state index in [4.69, 9.17) is 4.74 Å². The highest BCUT2D eigenvalue weighted by Crippen LogP contribution is 2.32. The Kier molecular flexibility index (Phi) is 4.12. The topological polar surface area (TPSA) is 34.5 Å². The standard InChI is InChI=1S/C13H7F3N2OS/c14-13(15,16)9-2-1-3-11(6-9)19-12-5-4-10(7-17-12)18-8-20/h1-7H. The first-order valence-corrected chi connectivity index (χ1v) is 5.79. The molecule has 3 nitrogen and oxygen atoms in total. The summed E-state index contributed by atoms with van der Waals surface area (Å²) in [6, 6.07) is 7.60. The highest BCUT2D eigenvalue weighted by atomic mass is 32.1. The van der Waals surface area contributed by atoms with Gasteiger partial charge in [-0.25, -0.2) is 4.98 Å². The number of aromatic nitrogens is 1. The number of pyridine rings is 1. The molecule has 0 aliphatic carbocycles. The van der Waals surface area contributed by atoms with Gasteiger partial charge in [0.05, 0.1) is 22.6 Å². The lowest BCUT2D eigenvalue weighted by atomic mass is 10.2. The molecule has 0 bridgehead atoms. The van der Waals surface area contributed by atoms with E-state index in [2.05, 4.69) is 27.4 Å². The fourth-order valence-electron chi connectivity index (χ4n) is 1.41. The SMILES string of the molecule is FC(F)(F)c1cccc(Oc2ccc(N=C=S)cn2)c1. The van der Waals surface area contributed by atoms with Gasteiger partial charge in [0.25, 0.3) is 0 Å². The number of thiocarbonyl (C=S) groups is 1. The number of halogens is 3. The van der Waals surface area contributed by atoms with E-state index >= 15 is 0 Å². The normalized spacial score (nSPS) is 10.8. The molecular weight excluding hydrogens is 289 g/mol. The van der Waals surface area contributed by atoms with Gasteiger partial charge in [-0.15, -0.1) is 0 Å². The second kappa shape index (κ2) is 5.81. The fourth-order valence-corrected chi connectivity index (χ4v) is 1.51. The van der Waals surface area contributed by atoms with E-state index in [0.717, 1.165) is 12.1 Å². The van der Waals surface area contributed by atoms with Crippen LogP contribution in [0.25, 0.3) is 0 Å². The molecule has 1 aromatic heterocycles. The average Bonchev–Trinajstić information content (AvgIpc) is 2.41. The molecular formula is C13H7F3N2OS. The molecule has 0 N–H and O–H groups in total. The highest BCUT2D eigenvalue weighted by Gasteiger charge is 2.30. The molecule has 1 heterocycles. The van der Waals surface area contributed by atoms with Crippen LogP contribution in [0, 0.1) is 0 Å². The van der Waals surface area contributed by atoms with Crippen molar-refractivity contribution in [1.29, 1.82) is 0 Å². The van der Waals surface area contributed by atoms with Crippen LogP contribution in [-0.2, 0) is 6.18 Å². The highest BCUT2D eigenvalue weighted by molar-refractivity contribution is 7.78. The third-order valence-corrected chi connectivity index (χ3v) is 2.37. The first kappa shape index (κ1) is 14.2. The van der Waals surface area contributed by atoms with Crippen molar-refractivity contribution in [2.75, 3.05) is 0 Å². The first-order chi connectivity index (χ1) is 9.49. The summed E-state index contributed by atoms with van der Waals surface area (Å²) in [5.41, 5.74) is -0.298. The smallest absolute Gasteiger partial charge is 0.416 e. The summed E-state index contributed by atoms with van der Waals surface area (Å²) in [6.07, 6.45) is -3.03. The summed E-state index contributed by atoms with van der Waals surface area (Å²) in [7, 11) is 0. The number of benzene rings is 1. The Morgan fingerprint density at radius 2 is 2.00 bits per heavy atom. The van der Waals surface area contributed by atoms with Crippen molar-refractivity contribution >= 4 is 23.1 Å². The predicted molar refractivity (Wildman–Crippen MR) is 70.4 cm³/mol. The molecule has 0 spiro atoms. The Balaban J connectivity index is 2.19. The number of isothiocyanates is 1. The Morgan fingerprint density at radius 3 is 2.60 bits per heavy atom. The van der Waals surface area contributed by atoms with E-state index in [0.29, 0.717) is 5.69 Å². The molecule has 0 amide bonds. The summed E-state index contributed by atoms with van der Waals surface area (Å²) in [5.74, 6) is 0.214. The van der Waals surface area contributed by atoms with Crippen LogP contribution in [0.2, 0.25) is 0 Å². The van der Waals surface area contributed by atoms with Gasteiger partial charge in [0.2, 0.25) is 5.88 Å². The lowest BCUT2D eigenvalue weighted by Crippen LogP contribution is -2.04. The largest absolute Gasteiger partial charge is 0.439 e. The van der Waals surface area contributed by atoms with Crippen molar-refractivity contribution in [1.82, 2.24) is 4.98 Å². The van der Waals surface area contributed by atoms with Gasteiger partial charge in [-0.3, -0.25) is 0 Å². The number of nitrogens with zero attached hydrogens (tertiary/aromatic N) is 2. The molecule has 0 saturated heterocycles. The summed E-state index contributed by atoms with van der Waals surface area (Å²) < 4.78 is 42.9. The molecule has 0 unspecified atom stereocenters. The first-order valence-electron chi connectivity index (χ1n) is 5.38. The summed E-state index contributed by atoms with van der Waals surface area (Å²) in [5, 5.41) is 2.18. The lowest BCUT2D eigenvalue weighted by molar-refractivity contribution is -0.137. The molecule has 0 aliphatic heterocycles.